The lowest BCUT2D eigenvalue weighted by atomic mass is 10.1. The number of methoxy groups -OCH3 is 2. The number of hydrogen-bond donors (Lipinski definition) is 2. The van der Waals surface area contributed by atoms with E-state index < -0.39 is 17.2 Å². The molecule has 0 aliphatic carbocycles. The first-order valence-corrected chi connectivity index (χ1v) is 4.58. The first-order valence-electron chi connectivity index (χ1n) is 4.58. The topological polar surface area (TPSA) is 93.1 Å². The summed E-state index contributed by atoms with van der Waals surface area (Å²) in [6.07, 6.45) is 0. The van der Waals surface area contributed by atoms with Crippen LogP contribution in [-0.4, -0.2) is 47.6 Å². The zero-order chi connectivity index (χ0) is 13.6. The number of esters is 1. The Kier molecular flexibility index (Phi) is 6.95. The molecule has 0 heterocycles. The van der Waals surface area contributed by atoms with Crippen LogP contribution in [0, 0.1) is 0 Å². The number of carbonyl (C=O) groups excluding carboxylic acids is 1. The summed E-state index contributed by atoms with van der Waals surface area (Å²) in [5.41, 5.74) is -2.39. The fourth-order valence-electron chi connectivity index (χ4n) is 0.329. The van der Waals surface area contributed by atoms with Crippen LogP contribution >= 0.6 is 0 Å². The molecular weight excluding hydrogens is 216 g/mol. The molecule has 0 amide bonds. The Labute approximate surface area is 95.2 Å². The van der Waals surface area contributed by atoms with Gasteiger partial charge in [0.15, 0.2) is 11.2 Å². The molecule has 16 heavy (non-hydrogen) atoms. The molecule has 96 valence electrons. The number of aliphatic hydroxyl groups is 1. The van der Waals surface area contributed by atoms with Gasteiger partial charge in [-0.15, -0.1) is 0 Å². The van der Waals surface area contributed by atoms with Crippen molar-refractivity contribution < 1.29 is 29.3 Å². The minimum Gasteiger partial charge on any atom is -0.479 e. The van der Waals surface area contributed by atoms with Gasteiger partial charge in [0.1, 0.15) is 0 Å². The molecule has 0 saturated heterocycles. The predicted molar refractivity (Wildman–Crippen MR) is 57.0 cm³/mol. The molecule has 0 rings (SSSR count). The minimum atomic E-state index is -1.58. The number of carboxylic acids is 1. The van der Waals surface area contributed by atoms with Gasteiger partial charge in [0.2, 0.25) is 0 Å². The Hall–Kier alpha value is -1.14. The molecule has 0 saturated carbocycles. The Morgan fingerprint density at radius 1 is 1.06 bits per heavy atom. The van der Waals surface area contributed by atoms with Gasteiger partial charge in [0.25, 0.3) is 0 Å². The Morgan fingerprint density at radius 3 is 1.44 bits per heavy atom. The second kappa shape index (κ2) is 6.44. The second-order valence-corrected chi connectivity index (χ2v) is 4.07. The second-order valence-electron chi connectivity index (χ2n) is 4.07. The Balaban J connectivity index is 0. The lowest BCUT2D eigenvalue weighted by Crippen LogP contribution is -2.34. The highest BCUT2D eigenvalue weighted by Crippen LogP contribution is 2.08. The molecule has 0 aromatic carbocycles. The van der Waals surface area contributed by atoms with E-state index in [1.54, 1.807) is 13.8 Å². The summed E-state index contributed by atoms with van der Waals surface area (Å²) >= 11 is 0. The van der Waals surface area contributed by atoms with Gasteiger partial charge in [0.05, 0.1) is 7.11 Å². The van der Waals surface area contributed by atoms with Crippen LogP contribution < -0.4 is 0 Å². The lowest BCUT2D eigenvalue weighted by molar-refractivity contribution is -0.161. The fourth-order valence-corrected chi connectivity index (χ4v) is 0.329. The third-order valence-corrected chi connectivity index (χ3v) is 1.71. The maximum absolute atomic E-state index is 10.7. The van der Waals surface area contributed by atoms with Crippen molar-refractivity contribution in [1.29, 1.82) is 0 Å². The first-order chi connectivity index (χ1) is 6.99. The molecule has 6 heteroatoms. The number of hydrogen-bond acceptors (Lipinski definition) is 5. The van der Waals surface area contributed by atoms with Gasteiger partial charge in [0, 0.05) is 7.11 Å². The molecule has 0 aliphatic rings. The van der Waals surface area contributed by atoms with Crippen molar-refractivity contribution in [3.8, 4) is 0 Å². The van der Waals surface area contributed by atoms with Crippen molar-refractivity contribution in [3.05, 3.63) is 0 Å². The molecule has 6 nitrogen and oxygen atoms in total. The van der Waals surface area contributed by atoms with Crippen molar-refractivity contribution in [3.63, 3.8) is 0 Å². The van der Waals surface area contributed by atoms with Gasteiger partial charge in [-0.1, -0.05) is 0 Å². The van der Waals surface area contributed by atoms with Gasteiger partial charge >= 0.3 is 11.9 Å². The quantitative estimate of drug-likeness (QED) is 0.690. The van der Waals surface area contributed by atoms with E-state index in [9.17, 15) is 9.59 Å². The van der Waals surface area contributed by atoms with Crippen LogP contribution in [0.2, 0.25) is 0 Å². The standard InChI is InChI=1S/C6H12O3.C4H8O3/c1-6(2,9-4)5(7)8-3;1-4(2,7)3(5)6/h1-4H3;7H,1-2H3,(H,5,6). The van der Waals surface area contributed by atoms with Crippen molar-refractivity contribution in [2.75, 3.05) is 14.2 Å². The smallest absolute Gasteiger partial charge is 0.337 e. The highest BCUT2D eigenvalue weighted by molar-refractivity contribution is 5.78. The third-order valence-electron chi connectivity index (χ3n) is 1.71. The van der Waals surface area contributed by atoms with Crippen LogP contribution in [-0.2, 0) is 19.1 Å². The summed E-state index contributed by atoms with van der Waals surface area (Å²) in [4.78, 5) is 20.5. The summed E-state index contributed by atoms with van der Waals surface area (Å²) in [6.45, 7) is 5.74. The number of rotatable bonds is 3. The van der Waals surface area contributed by atoms with Gasteiger partial charge in [-0.05, 0) is 27.7 Å². The van der Waals surface area contributed by atoms with Crippen LogP contribution in [0.4, 0.5) is 0 Å². The van der Waals surface area contributed by atoms with E-state index in [-0.39, 0.29) is 5.97 Å². The molecule has 0 radical (unpaired) electrons. The fraction of sp³-hybridized carbons (Fsp3) is 0.800. The van der Waals surface area contributed by atoms with E-state index in [0.29, 0.717) is 0 Å². The predicted octanol–water partition coefficient (Wildman–Crippen LogP) is 0.426. The average Bonchev–Trinajstić information content (AvgIpc) is 2.16. The number of ether oxygens (including phenoxy) is 2. The summed E-state index contributed by atoms with van der Waals surface area (Å²) in [6, 6.07) is 0. The molecule has 2 N–H and O–H groups in total. The molecule has 0 aromatic rings. The van der Waals surface area contributed by atoms with E-state index in [4.69, 9.17) is 14.9 Å². The monoisotopic (exact) mass is 236 g/mol. The number of aliphatic carboxylic acids is 1. The highest BCUT2D eigenvalue weighted by Gasteiger charge is 2.27. The van der Waals surface area contributed by atoms with Crippen molar-refractivity contribution in [1.82, 2.24) is 0 Å². The van der Waals surface area contributed by atoms with E-state index in [1.807, 2.05) is 0 Å². The Morgan fingerprint density at radius 2 is 1.38 bits per heavy atom. The molecule has 0 atom stereocenters. The normalized spacial score (nSPS) is 11.2. The largest absolute Gasteiger partial charge is 0.479 e. The summed E-state index contributed by atoms with van der Waals surface area (Å²) in [7, 11) is 2.81. The SMILES string of the molecule is CC(C)(O)C(=O)O.COC(=O)C(C)(C)OC. The van der Waals surface area contributed by atoms with Gasteiger partial charge in [-0.25, -0.2) is 9.59 Å². The summed E-state index contributed by atoms with van der Waals surface area (Å²) in [5, 5.41) is 16.5. The van der Waals surface area contributed by atoms with Crippen molar-refractivity contribution in [2.24, 2.45) is 0 Å². The minimum absolute atomic E-state index is 0.356. The van der Waals surface area contributed by atoms with Gasteiger partial charge in [-0.3, -0.25) is 0 Å². The molecule has 0 bridgehead atoms. The molecule has 0 unspecified atom stereocenters. The van der Waals surface area contributed by atoms with Crippen molar-refractivity contribution >= 4 is 11.9 Å². The van der Waals surface area contributed by atoms with Crippen LogP contribution in [0.25, 0.3) is 0 Å². The molecule has 0 aromatic heterocycles. The first kappa shape index (κ1) is 17.3. The third kappa shape index (κ3) is 7.19. The van der Waals surface area contributed by atoms with Gasteiger partial charge in [-0.2, -0.15) is 0 Å². The summed E-state index contributed by atoms with van der Waals surface area (Å²) < 4.78 is 9.26. The number of carbonyl (C=O) groups is 2. The zero-order valence-electron chi connectivity index (χ0n) is 10.5. The van der Waals surface area contributed by atoms with Crippen LogP contribution in [0.15, 0.2) is 0 Å². The zero-order valence-corrected chi connectivity index (χ0v) is 10.5. The molecular formula is C10H20O6. The molecule has 0 spiro atoms. The highest BCUT2D eigenvalue weighted by atomic mass is 16.6. The average molecular weight is 236 g/mol. The molecule has 0 aliphatic heterocycles. The van der Waals surface area contributed by atoms with Crippen LogP contribution in [0.3, 0.4) is 0 Å². The van der Waals surface area contributed by atoms with E-state index in [2.05, 4.69) is 4.74 Å². The maximum Gasteiger partial charge on any atom is 0.337 e. The number of carboxylic acid groups (broad SMARTS) is 1. The lowest BCUT2D eigenvalue weighted by Gasteiger charge is -2.18. The summed E-state index contributed by atoms with van der Waals surface area (Å²) in [5.74, 6) is -1.56. The van der Waals surface area contributed by atoms with Crippen molar-refractivity contribution in [2.45, 2.75) is 38.9 Å². The Bertz CT molecular complexity index is 238. The van der Waals surface area contributed by atoms with E-state index >= 15 is 0 Å². The van der Waals surface area contributed by atoms with Crippen LogP contribution in [0.1, 0.15) is 27.7 Å². The van der Waals surface area contributed by atoms with Gasteiger partial charge < -0.3 is 19.7 Å². The van der Waals surface area contributed by atoms with E-state index in [1.165, 1.54) is 28.1 Å². The maximum atomic E-state index is 10.7. The molecule has 0 fully saturated rings. The van der Waals surface area contributed by atoms with E-state index in [0.717, 1.165) is 0 Å². The van der Waals surface area contributed by atoms with Crippen LogP contribution in [0.5, 0.6) is 0 Å².